The summed E-state index contributed by atoms with van der Waals surface area (Å²) in [4.78, 5) is 8.28. The first-order valence-corrected chi connectivity index (χ1v) is 7.12. The zero-order chi connectivity index (χ0) is 12.5. The van der Waals surface area contributed by atoms with Gasteiger partial charge in [0, 0.05) is 25.8 Å². The third-order valence-corrected chi connectivity index (χ3v) is 2.72. The van der Waals surface area contributed by atoms with E-state index in [0.29, 0.717) is 5.92 Å². The van der Waals surface area contributed by atoms with Crippen molar-refractivity contribution in [3.63, 3.8) is 0 Å². The van der Waals surface area contributed by atoms with Crippen molar-refractivity contribution in [1.82, 2.24) is 9.97 Å². The van der Waals surface area contributed by atoms with Gasteiger partial charge < -0.3 is 10.1 Å². The summed E-state index contributed by atoms with van der Waals surface area (Å²) in [7, 11) is 0. The van der Waals surface area contributed by atoms with Gasteiger partial charge in [-0.2, -0.15) is 0 Å². The first-order chi connectivity index (χ1) is 8.22. The van der Waals surface area contributed by atoms with E-state index in [0.717, 1.165) is 37.0 Å². The Kier molecular flexibility index (Phi) is 6.96. The highest BCUT2D eigenvalue weighted by atomic mass is 32.2. The third-order valence-electron chi connectivity index (χ3n) is 2.07. The van der Waals surface area contributed by atoms with E-state index in [1.54, 1.807) is 18.1 Å². The van der Waals surface area contributed by atoms with Crippen molar-refractivity contribution in [3.05, 3.63) is 12.4 Å². The summed E-state index contributed by atoms with van der Waals surface area (Å²) in [5.74, 6) is 1.49. The first kappa shape index (κ1) is 14.3. The molecule has 0 bridgehead atoms. The van der Waals surface area contributed by atoms with Crippen LogP contribution in [0.1, 0.15) is 20.3 Å². The quantitative estimate of drug-likeness (QED) is 0.439. The van der Waals surface area contributed by atoms with Gasteiger partial charge in [-0.3, -0.25) is 0 Å². The molecule has 0 aliphatic rings. The fourth-order valence-corrected chi connectivity index (χ4v) is 1.64. The van der Waals surface area contributed by atoms with Gasteiger partial charge >= 0.3 is 0 Å². The number of ether oxygens (including phenoxy) is 1. The van der Waals surface area contributed by atoms with E-state index in [1.807, 2.05) is 12.3 Å². The van der Waals surface area contributed by atoms with Crippen LogP contribution in [0.25, 0.3) is 0 Å². The number of anilines is 1. The van der Waals surface area contributed by atoms with Crippen LogP contribution in [-0.2, 0) is 4.74 Å². The van der Waals surface area contributed by atoms with Crippen molar-refractivity contribution in [1.29, 1.82) is 0 Å². The number of hydrogen-bond donors (Lipinski definition) is 1. The molecule has 96 valence electrons. The van der Waals surface area contributed by atoms with E-state index in [4.69, 9.17) is 4.74 Å². The Morgan fingerprint density at radius 3 is 2.94 bits per heavy atom. The predicted molar refractivity (Wildman–Crippen MR) is 72.6 cm³/mol. The Morgan fingerprint density at radius 2 is 2.24 bits per heavy atom. The molecular formula is C12H21N3OS. The van der Waals surface area contributed by atoms with Crippen LogP contribution >= 0.6 is 11.8 Å². The summed E-state index contributed by atoms with van der Waals surface area (Å²) in [5, 5.41) is 4.25. The largest absolute Gasteiger partial charge is 0.381 e. The Bertz CT molecular complexity index is 320. The maximum Gasteiger partial charge on any atom is 0.130 e. The van der Waals surface area contributed by atoms with Crippen molar-refractivity contribution in [3.8, 4) is 0 Å². The minimum absolute atomic E-state index is 0.606. The molecule has 4 nitrogen and oxygen atoms in total. The number of aromatic nitrogens is 2. The maximum absolute atomic E-state index is 5.50. The maximum atomic E-state index is 5.50. The second-order valence-electron chi connectivity index (χ2n) is 4.19. The molecule has 0 aliphatic heterocycles. The van der Waals surface area contributed by atoms with Gasteiger partial charge in [-0.15, -0.1) is 11.8 Å². The zero-order valence-corrected chi connectivity index (χ0v) is 11.6. The summed E-state index contributed by atoms with van der Waals surface area (Å²) in [6.45, 7) is 6.82. The van der Waals surface area contributed by atoms with Gasteiger partial charge in [-0.25, -0.2) is 9.97 Å². The van der Waals surface area contributed by atoms with E-state index in [-0.39, 0.29) is 0 Å². The molecule has 0 aromatic carbocycles. The molecule has 1 rings (SSSR count). The Labute approximate surface area is 108 Å². The van der Waals surface area contributed by atoms with Gasteiger partial charge in [0.1, 0.15) is 17.2 Å². The molecule has 1 aromatic heterocycles. The molecule has 0 fully saturated rings. The lowest BCUT2D eigenvalue weighted by Gasteiger charge is -2.08. The SMILES string of the molecule is CSc1cc(NCCCOCC(C)C)ncn1. The summed E-state index contributed by atoms with van der Waals surface area (Å²) in [6.07, 6.45) is 4.58. The summed E-state index contributed by atoms with van der Waals surface area (Å²) < 4.78 is 5.50. The van der Waals surface area contributed by atoms with Crippen LogP contribution in [0.3, 0.4) is 0 Å². The van der Waals surface area contributed by atoms with E-state index < -0.39 is 0 Å². The second kappa shape index (κ2) is 8.31. The minimum Gasteiger partial charge on any atom is -0.381 e. The number of nitrogens with zero attached hydrogens (tertiary/aromatic N) is 2. The van der Waals surface area contributed by atoms with Crippen LogP contribution < -0.4 is 5.32 Å². The molecule has 0 radical (unpaired) electrons. The average Bonchev–Trinajstić information content (AvgIpc) is 2.33. The number of thioether (sulfide) groups is 1. The van der Waals surface area contributed by atoms with Gasteiger partial charge in [0.05, 0.1) is 0 Å². The molecule has 1 heterocycles. The highest BCUT2D eigenvalue weighted by Crippen LogP contribution is 2.13. The lowest BCUT2D eigenvalue weighted by molar-refractivity contribution is 0.110. The van der Waals surface area contributed by atoms with E-state index in [1.165, 1.54) is 0 Å². The fourth-order valence-electron chi connectivity index (χ4n) is 1.26. The molecule has 0 spiro atoms. The van der Waals surface area contributed by atoms with Crippen LogP contribution in [0, 0.1) is 5.92 Å². The monoisotopic (exact) mass is 255 g/mol. The lowest BCUT2D eigenvalue weighted by Crippen LogP contribution is -2.09. The van der Waals surface area contributed by atoms with Crippen molar-refractivity contribution >= 4 is 17.6 Å². The molecular weight excluding hydrogens is 234 g/mol. The summed E-state index contributed by atoms with van der Waals surface area (Å²) in [6, 6.07) is 1.96. The molecule has 0 unspecified atom stereocenters. The molecule has 1 aromatic rings. The highest BCUT2D eigenvalue weighted by Gasteiger charge is 1.97. The highest BCUT2D eigenvalue weighted by molar-refractivity contribution is 7.98. The topological polar surface area (TPSA) is 47.0 Å². The van der Waals surface area contributed by atoms with Crippen molar-refractivity contribution in [2.45, 2.75) is 25.3 Å². The summed E-state index contributed by atoms with van der Waals surface area (Å²) in [5.41, 5.74) is 0. The van der Waals surface area contributed by atoms with E-state index in [2.05, 4.69) is 29.1 Å². The Balaban J connectivity index is 2.13. The molecule has 5 heteroatoms. The third kappa shape index (κ3) is 6.48. The smallest absolute Gasteiger partial charge is 0.130 e. The van der Waals surface area contributed by atoms with E-state index >= 15 is 0 Å². The average molecular weight is 255 g/mol. The molecule has 0 aliphatic carbocycles. The standard InChI is InChI=1S/C12H21N3OS/c1-10(2)8-16-6-4-5-13-11-7-12(17-3)15-9-14-11/h7,9-10H,4-6,8H2,1-3H3,(H,13,14,15). The molecule has 0 saturated carbocycles. The van der Waals surface area contributed by atoms with E-state index in [9.17, 15) is 0 Å². The second-order valence-corrected chi connectivity index (χ2v) is 5.02. The number of nitrogens with one attached hydrogen (secondary N) is 1. The normalized spacial score (nSPS) is 10.8. The zero-order valence-electron chi connectivity index (χ0n) is 10.8. The molecule has 1 N–H and O–H groups in total. The van der Waals surface area contributed by atoms with Gasteiger partial charge in [-0.1, -0.05) is 13.8 Å². The van der Waals surface area contributed by atoms with Crippen molar-refractivity contribution < 1.29 is 4.74 Å². The van der Waals surface area contributed by atoms with Gasteiger partial charge in [0.2, 0.25) is 0 Å². The van der Waals surface area contributed by atoms with Crippen LogP contribution in [-0.4, -0.2) is 36.0 Å². The fraction of sp³-hybridized carbons (Fsp3) is 0.667. The molecule has 0 saturated heterocycles. The molecule has 0 atom stereocenters. The van der Waals surface area contributed by atoms with Crippen LogP contribution in [0.2, 0.25) is 0 Å². The summed E-state index contributed by atoms with van der Waals surface area (Å²) >= 11 is 1.62. The number of hydrogen-bond acceptors (Lipinski definition) is 5. The molecule has 0 amide bonds. The van der Waals surface area contributed by atoms with Gasteiger partial charge in [-0.05, 0) is 18.6 Å². The van der Waals surface area contributed by atoms with Gasteiger partial charge in [0.15, 0.2) is 0 Å². The molecule has 17 heavy (non-hydrogen) atoms. The number of rotatable bonds is 8. The Morgan fingerprint density at radius 1 is 1.41 bits per heavy atom. The van der Waals surface area contributed by atoms with Crippen molar-refractivity contribution in [2.75, 3.05) is 31.3 Å². The van der Waals surface area contributed by atoms with Crippen LogP contribution in [0.5, 0.6) is 0 Å². The predicted octanol–water partition coefficient (Wildman–Crippen LogP) is 2.67. The first-order valence-electron chi connectivity index (χ1n) is 5.90. The van der Waals surface area contributed by atoms with Gasteiger partial charge in [0.25, 0.3) is 0 Å². The minimum atomic E-state index is 0.606. The Hall–Kier alpha value is -0.810. The lowest BCUT2D eigenvalue weighted by atomic mass is 10.2. The van der Waals surface area contributed by atoms with Crippen molar-refractivity contribution in [2.24, 2.45) is 5.92 Å². The van der Waals surface area contributed by atoms with Crippen LogP contribution in [0.4, 0.5) is 5.82 Å². The van der Waals surface area contributed by atoms with Crippen LogP contribution in [0.15, 0.2) is 17.4 Å².